The molecule has 122 valence electrons. The lowest BCUT2D eigenvalue weighted by atomic mass is 10.3. The van der Waals surface area contributed by atoms with Gasteiger partial charge in [0.25, 0.3) is 5.56 Å². The van der Waals surface area contributed by atoms with Gasteiger partial charge in [-0.15, -0.1) is 0 Å². The number of fused-ring (bicyclic) bond motifs is 2. The van der Waals surface area contributed by atoms with Gasteiger partial charge in [-0.1, -0.05) is 0 Å². The topological polar surface area (TPSA) is 110 Å². The summed E-state index contributed by atoms with van der Waals surface area (Å²) < 4.78 is 21.9. The summed E-state index contributed by atoms with van der Waals surface area (Å²) in [4.78, 5) is 35.5. The van der Waals surface area contributed by atoms with Crippen molar-refractivity contribution in [1.82, 2.24) is 14.2 Å². The minimum Gasteiger partial charge on any atom is -0.451 e. The Labute approximate surface area is 128 Å². The molecule has 10 heteroatoms. The summed E-state index contributed by atoms with van der Waals surface area (Å²) in [6.07, 6.45) is 0.400. The average Bonchev–Trinajstić information content (AvgIpc) is 2.57. The number of carbonyl (C=O) groups excluding carboxylic acids is 1. The first-order valence-corrected chi connectivity index (χ1v) is 6.68. The highest BCUT2D eigenvalue weighted by Crippen LogP contribution is 2.12. The SMILES string of the molecule is COC(=O)OCOc1c(=O)ccn2nc3n(c(=O)c12)CCOC3. The predicted molar refractivity (Wildman–Crippen MR) is 74.4 cm³/mol. The lowest BCUT2D eigenvalue weighted by molar-refractivity contribution is 0.0149. The van der Waals surface area contributed by atoms with E-state index in [4.69, 9.17) is 9.47 Å². The van der Waals surface area contributed by atoms with Crippen molar-refractivity contribution >= 4 is 11.7 Å². The van der Waals surface area contributed by atoms with Crippen LogP contribution in [0, 0.1) is 0 Å². The molecule has 3 rings (SSSR count). The van der Waals surface area contributed by atoms with E-state index in [0.29, 0.717) is 19.0 Å². The summed E-state index contributed by atoms with van der Waals surface area (Å²) in [5.41, 5.74) is -0.981. The van der Waals surface area contributed by atoms with Gasteiger partial charge in [0, 0.05) is 12.3 Å². The molecule has 0 fully saturated rings. The summed E-state index contributed by atoms with van der Waals surface area (Å²) in [6.45, 7) is 0.354. The van der Waals surface area contributed by atoms with Gasteiger partial charge in [-0.05, 0) is 0 Å². The standard InChI is InChI=1S/C13H13N3O7/c1-20-13(19)23-7-22-11-8(17)2-3-16-10(11)12(18)15-4-5-21-6-9(15)14-16/h2-3H,4-7H2,1H3. The number of ether oxygens (including phenoxy) is 4. The number of carbonyl (C=O) groups is 1. The van der Waals surface area contributed by atoms with Crippen LogP contribution in [0.3, 0.4) is 0 Å². The maximum absolute atomic E-state index is 12.6. The number of rotatable bonds is 3. The molecule has 2 aromatic heterocycles. The Morgan fingerprint density at radius 3 is 3.04 bits per heavy atom. The number of aromatic nitrogens is 3. The second-order valence-electron chi connectivity index (χ2n) is 4.59. The van der Waals surface area contributed by atoms with Gasteiger partial charge in [-0.2, -0.15) is 5.10 Å². The Morgan fingerprint density at radius 1 is 1.43 bits per heavy atom. The highest BCUT2D eigenvalue weighted by atomic mass is 16.8. The first kappa shape index (κ1) is 15.0. The first-order chi connectivity index (χ1) is 11.1. The van der Waals surface area contributed by atoms with E-state index in [1.54, 1.807) is 0 Å². The third-order valence-electron chi connectivity index (χ3n) is 3.25. The molecule has 0 atom stereocenters. The van der Waals surface area contributed by atoms with Gasteiger partial charge in [0.05, 0.1) is 20.3 Å². The van der Waals surface area contributed by atoms with Crippen LogP contribution in [0.5, 0.6) is 5.75 Å². The van der Waals surface area contributed by atoms with E-state index in [1.165, 1.54) is 21.3 Å². The first-order valence-electron chi connectivity index (χ1n) is 6.68. The fraction of sp³-hybridized carbons (Fsp3) is 0.385. The molecular formula is C13H13N3O7. The van der Waals surface area contributed by atoms with Crippen LogP contribution in [0.25, 0.3) is 5.52 Å². The van der Waals surface area contributed by atoms with E-state index in [2.05, 4.69) is 14.6 Å². The molecule has 0 radical (unpaired) electrons. The summed E-state index contributed by atoms with van der Waals surface area (Å²) in [5, 5.41) is 4.24. The maximum Gasteiger partial charge on any atom is 0.510 e. The summed E-state index contributed by atoms with van der Waals surface area (Å²) in [6, 6.07) is 1.20. The minimum absolute atomic E-state index is 0.0309. The zero-order chi connectivity index (χ0) is 16.4. The normalized spacial score (nSPS) is 13.4. The molecular weight excluding hydrogens is 310 g/mol. The molecule has 0 saturated heterocycles. The third kappa shape index (κ3) is 2.75. The van der Waals surface area contributed by atoms with E-state index in [1.807, 2.05) is 0 Å². The van der Waals surface area contributed by atoms with Gasteiger partial charge in [0.1, 0.15) is 6.61 Å². The molecule has 0 unspecified atom stereocenters. The summed E-state index contributed by atoms with van der Waals surface area (Å²) in [5.74, 6) is 0.213. The van der Waals surface area contributed by atoms with Crippen molar-refractivity contribution in [1.29, 1.82) is 0 Å². The zero-order valence-corrected chi connectivity index (χ0v) is 12.2. The molecule has 2 aromatic rings. The highest BCUT2D eigenvalue weighted by Gasteiger charge is 2.19. The molecule has 23 heavy (non-hydrogen) atoms. The Kier molecular flexibility index (Phi) is 3.98. The van der Waals surface area contributed by atoms with Gasteiger partial charge < -0.3 is 18.9 Å². The van der Waals surface area contributed by atoms with Crippen molar-refractivity contribution in [2.75, 3.05) is 20.5 Å². The largest absolute Gasteiger partial charge is 0.510 e. The van der Waals surface area contributed by atoms with Crippen LogP contribution in [0.1, 0.15) is 5.82 Å². The maximum atomic E-state index is 12.6. The van der Waals surface area contributed by atoms with Crippen molar-refractivity contribution in [3.63, 3.8) is 0 Å². The van der Waals surface area contributed by atoms with E-state index >= 15 is 0 Å². The molecule has 0 saturated carbocycles. The van der Waals surface area contributed by atoms with E-state index < -0.39 is 23.9 Å². The number of hydrogen-bond acceptors (Lipinski definition) is 8. The van der Waals surface area contributed by atoms with Crippen molar-refractivity contribution in [3.05, 3.63) is 38.7 Å². The fourth-order valence-electron chi connectivity index (χ4n) is 2.20. The molecule has 1 aliphatic rings. The molecule has 0 aromatic carbocycles. The van der Waals surface area contributed by atoms with Crippen molar-refractivity contribution in [3.8, 4) is 5.75 Å². The van der Waals surface area contributed by atoms with E-state index in [-0.39, 0.29) is 17.9 Å². The van der Waals surface area contributed by atoms with Crippen LogP contribution >= 0.6 is 0 Å². The van der Waals surface area contributed by atoms with Crippen LogP contribution in [-0.4, -0.2) is 40.8 Å². The molecule has 3 heterocycles. The van der Waals surface area contributed by atoms with Crippen molar-refractivity contribution < 1.29 is 23.7 Å². The number of nitrogens with zero attached hydrogens (tertiary/aromatic N) is 3. The van der Waals surface area contributed by atoms with Crippen LogP contribution in [0.15, 0.2) is 21.9 Å². The molecule has 10 nitrogen and oxygen atoms in total. The molecule has 0 aliphatic carbocycles. The Balaban J connectivity index is 2.06. The molecule has 0 amide bonds. The highest BCUT2D eigenvalue weighted by molar-refractivity contribution is 5.60. The van der Waals surface area contributed by atoms with Gasteiger partial charge in [-0.3, -0.25) is 14.2 Å². The third-order valence-corrected chi connectivity index (χ3v) is 3.25. The van der Waals surface area contributed by atoms with Gasteiger partial charge in [0.15, 0.2) is 11.3 Å². The van der Waals surface area contributed by atoms with Crippen molar-refractivity contribution in [2.24, 2.45) is 0 Å². The van der Waals surface area contributed by atoms with Crippen LogP contribution in [0.2, 0.25) is 0 Å². The molecule has 0 N–H and O–H groups in total. The molecule has 0 spiro atoms. The Morgan fingerprint density at radius 2 is 2.26 bits per heavy atom. The fourth-order valence-corrected chi connectivity index (χ4v) is 2.20. The number of methoxy groups -OCH3 is 1. The number of pyridine rings is 1. The van der Waals surface area contributed by atoms with E-state index in [0.717, 1.165) is 7.11 Å². The summed E-state index contributed by atoms with van der Waals surface area (Å²) >= 11 is 0. The molecule has 0 bridgehead atoms. The molecule has 1 aliphatic heterocycles. The van der Waals surface area contributed by atoms with Crippen molar-refractivity contribution in [2.45, 2.75) is 13.2 Å². The predicted octanol–water partition coefficient (Wildman–Crippen LogP) is -0.494. The Bertz CT molecular complexity index is 870. The zero-order valence-electron chi connectivity index (χ0n) is 12.2. The average molecular weight is 323 g/mol. The smallest absolute Gasteiger partial charge is 0.451 e. The van der Waals surface area contributed by atoms with Crippen LogP contribution in [0.4, 0.5) is 4.79 Å². The van der Waals surface area contributed by atoms with Gasteiger partial charge in [-0.25, -0.2) is 9.31 Å². The second-order valence-corrected chi connectivity index (χ2v) is 4.59. The van der Waals surface area contributed by atoms with Crippen LogP contribution < -0.4 is 15.7 Å². The lowest BCUT2D eigenvalue weighted by Crippen LogP contribution is -2.34. The van der Waals surface area contributed by atoms with Gasteiger partial charge in [0.2, 0.25) is 18.0 Å². The Hall–Kier alpha value is -2.88. The van der Waals surface area contributed by atoms with E-state index in [9.17, 15) is 14.4 Å². The second kappa shape index (κ2) is 6.08. The lowest BCUT2D eigenvalue weighted by Gasteiger charge is -2.19. The van der Waals surface area contributed by atoms with Gasteiger partial charge >= 0.3 is 6.16 Å². The quantitative estimate of drug-likeness (QED) is 0.549. The monoisotopic (exact) mass is 323 g/mol. The minimum atomic E-state index is -0.963. The van der Waals surface area contributed by atoms with Crippen LogP contribution in [-0.2, 0) is 27.4 Å². The summed E-state index contributed by atoms with van der Waals surface area (Å²) in [7, 11) is 1.14. The number of hydrogen-bond donors (Lipinski definition) is 0.